The second kappa shape index (κ2) is 4.98. The summed E-state index contributed by atoms with van der Waals surface area (Å²) in [6, 6.07) is 9.18. The van der Waals surface area contributed by atoms with Crippen molar-refractivity contribution in [1.29, 1.82) is 0 Å². The molecule has 0 bridgehead atoms. The molecule has 0 spiro atoms. The number of hydrogen-bond donors (Lipinski definition) is 2. The lowest BCUT2D eigenvalue weighted by Crippen LogP contribution is -2.14. The molecule has 1 aromatic carbocycles. The van der Waals surface area contributed by atoms with Crippen LogP contribution in [-0.2, 0) is 0 Å². The Morgan fingerprint density at radius 2 is 2.15 bits per heavy atom. The summed E-state index contributed by atoms with van der Waals surface area (Å²) in [5, 5.41) is 4.48. The van der Waals surface area contributed by atoms with Crippen LogP contribution in [-0.4, -0.2) is 15.9 Å². The van der Waals surface area contributed by atoms with Gasteiger partial charge in [-0.25, -0.2) is 4.98 Å². The number of rotatable bonds is 2. The molecule has 5 heteroatoms. The van der Waals surface area contributed by atoms with Gasteiger partial charge in [-0.2, -0.15) is 0 Å². The van der Waals surface area contributed by atoms with Crippen LogP contribution in [0.25, 0.3) is 10.9 Å². The number of amides is 1. The summed E-state index contributed by atoms with van der Waals surface area (Å²) in [6.45, 7) is 1.96. The molecule has 3 aromatic rings. The zero-order chi connectivity index (χ0) is 14.1. The van der Waals surface area contributed by atoms with E-state index in [-0.39, 0.29) is 5.91 Å². The number of pyridine rings is 1. The lowest BCUT2D eigenvalue weighted by Gasteiger charge is -2.08. The van der Waals surface area contributed by atoms with Crippen LogP contribution in [0.1, 0.15) is 16.1 Å². The second-order valence-corrected chi connectivity index (χ2v) is 4.98. The van der Waals surface area contributed by atoms with Gasteiger partial charge in [-0.05, 0) is 48.2 Å². The number of fused-ring (bicyclic) bond motifs is 1. The summed E-state index contributed by atoms with van der Waals surface area (Å²) >= 11 is 5.76. The fraction of sp³-hybridized carbons (Fsp3) is 0.0667. The fourth-order valence-electron chi connectivity index (χ4n) is 2.05. The van der Waals surface area contributed by atoms with Crippen molar-refractivity contribution in [2.75, 3.05) is 5.32 Å². The van der Waals surface area contributed by atoms with Gasteiger partial charge in [0.1, 0.15) is 5.69 Å². The zero-order valence-electron chi connectivity index (χ0n) is 10.8. The third-order valence-corrected chi connectivity index (χ3v) is 3.33. The number of carbonyl (C=O) groups excluding carboxylic acids is 1. The Morgan fingerprint density at radius 1 is 1.30 bits per heavy atom. The number of nitrogens with one attached hydrogen (secondary N) is 2. The van der Waals surface area contributed by atoms with Crippen LogP contribution in [0.2, 0.25) is 5.02 Å². The molecule has 0 atom stereocenters. The molecule has 0 saturated heterocycles. The monoisotopic (exact) mass is 285 g/mol. The molecule has 2 N–H and O–H groups in total. The number of benzene rings is 1. The van der Waals surface area contributed by atoms with Crippen molar-refractivity contribution < 1.29 is 4.79 Å². The van der Waals surface area contributed by atoms with Gasteiger partial charge in [-0.15, -0.1) is 0 Å². The first-order chi connectivity index (χ1) is 9.63. The van der Waals surface area contributed by atoms with Crippen LogP contribution < -0.4 is 5.32 Å². The maximum atomic E-state index is 12.1. The van der Waals surface area contributed by atoms with Gasteiger partial charge in [0.25, 0.3) is 5.91 Å². The number of hydrogen-bond acceptors (Lipinski definition) is 2. The Hall–Kier alpha value is -2.33. The highest BCUT2D eigenvalue weighted by atomic mass is 35.5. The lowest BCUT2D eigenvalue weighted by atomic mass is 10.1. The third-order valence-electron chi connectivity index (χ3n) is 3.11. The van der Waals surface area contributed by atoms with E-state index in [1.807, 2.05) is 31.3 Å². The molecule has 0 aliphatic heterocycles. The summed E-state index contributed by atoms with van der Waals surface area (Å²) in [5.74, 6) is -0.254. The van der Waals surface area contributed by atoms with Crippen molar-refractivity contribution in [2.45, 2.75) is 6.92 Å². The van der Waals surface area contributed by atoms with E-state index in [9.17, 15) is 4.79 Å². The van der Waals surface area contributed by atoms with E-state index in [1.54, 1.807) is 12.1 Å². The van der Waals surface area contributed by atoms with Crippen LogP contribution >= 0.6 is 11.6 Å². The van der Waals surface area contributed by atoms with Gasteiger partial charge in [0.05, 0.1) is 5.02 Å². The normalized spacial score (nSPS) is 10.7. The highest BCUT2D eigenvalue weighted by Gasteiger charge is 2.10. The molecule has 2 aromatic heterocycles. The van der Waals surface area contributed by atoms with E-state index in [2.05, 4.69) is 15.3 Å². The molecule has 100 valence electrons. The first-order valence-electron chi connectivity index (χ1n) is 6.14. The van der Waals surface area contributed by atoms with E-state index in [0.29, 0.717) is 10.7 Å². The SMILES string of the molecule is Cc1cc2cc[nH]c2cc1NC(=O)c1ccc(Cl)cn1. The molecule has 2 heterocycles. The first-order valence-corrected chi connectivity index (χ1v) is 6.52. The van der Waals surface area contributed by atoms with Crippen molar-refractivity contribution in [3.05, 3.63) is 59.0 Å². The van der Waals surface area contributed by atoms with Crippen LogP contribution in [0.3, 0.4) is 0 Å². The topological polar surface area (TPSA) is 57.8 Å². The number of aromatic amines is 1. The van der Waals surface area contributed by atoms with Gasteiger partial charge >= 0.3 is 0 Å². The molecule has 0 fully saturated rings. The van der Waals surface area contributed by atoms with E-state index in [4.69, 9.17) is 11.6 Å². The first kappa shape index (κ1) is 12.7. The van der Waals surface area contributed by atoms with Gasteiger partial charge in [0.15, 0.2) is 0 Å². The quantitative estimate of drug-likeness (QED) is 0.753. The maximum Gasteiger partial charge on any atom is 0.274 e. The van der Waals surface area contributed by atoms with Gasteiger partial charge < -0.3 is 10.3 Å². The summed E-state index contributed by atoms with van der Waals surface area (Å²) in [7, 11) is 0. The average Bonchev–Trinajstić information content (AvgIpc) is 2.87. The Morgan fingerprint density at radius 3 is 2.90 bits per heavy atom. The molecular formula is C15H12ClN3O. The molecule has 0 aliphatic carbocycles. The van der Waals surface area contributed by atoms with E-state index >= 15 is 0 Å². The zero-order valence-corrected chi connectivity index (χ0v) is 11.5. The van der Waals surface area contributed by atoms with E-state index in [0.717, 1.165) is 22.2 Å². The number of anilines is 1. The van der Waals surface area contributed by atoms with Crippen LogP contribution in [0, 0.1) is 6.92 Å². The summed E-state index contributed by atoms with van der Waals surface area (Å²) < 4.78 is 0. The van der Waals surface area contributed by atoms with E-state index < -0.39 is 0 Å². The summed E-state index contributed by atoms with van der Waals surface area (Å²) in [6.07, 6.45) is 3.33. The molecule has 4 nitrogen and oxygen atoms in total. The van der Waals surface area contributed by atoms with Crippen LogP contribution in [0.15, 0.2) is 42.7 Å². The maximum absolute atomic E-state index is 12.1. The third kappa shape index (κ3) is 2.38. The minimum absolute atomic E-state index is 0.254. The minimum Gasteiger partial charge on any atom is -0.361 e. The standard InChI is InChI=1S/C15H12ClN3O/c1-9-6-10-4-5-17-14(10)7-13(9)19-15(20)12-3-2-11(16)8-18-12/h2-8,17H,1H3,(H,19,20). The number of halogens is 1. The minimum atomic E-state index is -0.254. The summed E-state index contributed by atoms with van der Waals surface area (Å²) in [5.41, 5.74) is 3.08. The molecule has 20 heavy (non-hydrogen) atoms. The molecule has 0 aliphatic rings. The van der Waals surface area contributed by atoms with Crippen molar-refractivity contribution in [3.63, 3.8) is 0 Å². The number of nitrogens with zero attached hydrogens (tertiary/aromatic N) is 1. The number of aromatic nitrogens is 2. The molecular weight excluding hydrogens is 274 g/mol. The number of carbonyl (C=O) groups is 1. The second-order valence-electron chi connectivity index (χ2n) is 4.55. The molecule has 0 unspecified atom stereocenters. The number of H-pyrrole nitrogens is 1. The predicted octanol–water partition coefficient (Wildman–Crippen LogP) is 3.78. The Balaban J connectivity index is 1.90. The smallest absolute Gasteiger partial charge is 0.274 e. The van der Waals surface area contributed by atoms with Gasteiger partial charge in [-0.1, -0.05) is 11.6 Å². The molecule has 0 radical (unpaired) electrons. The van der Waals surface area contributed by atoms with Crippen molar-refractivity contribution in [3.8, 4) is 0 Å². The molecule has 3 rings (SSSR count). The lowest BCUT2D eigenvalue weighted by molar-refractivity contribution is 0.102. The fourth-order valence-corrected chi connectivity index (χ4v) is 2.16. The van der Waals surface area contributed by atoms with Crippen molar-refractivity contribution in [1.82, 2.24) is 9.97 Å². The summed E-state index contributed by atoms with van der Waals surface area (Å²) in [4.78, 5) is 19.3. The highest BCUT2D eigenvalue weighted by Crippen LogP contribution is 2.23. The predicted molar refractivity (Wildman–Crippen MR) is 80.2 cm³/mol. The van der Waals surface area contributed by atoms with Gasteiger partial charge in [0, 0.05) is 23.6 Å². The largest absolute Gasteiger partial charge is 0.361 e. The molecule has 1 amide bonds. The Bertz CT molecular complexity index is 777. The molecule has 0 saturated carbocycles. The van der Waals surface area contributed by atoms with Crippen LogP contribution in [0.5, 0.6) is 0 Å². The van der Waals surface area contributed by atoms with Crippen molar-refractivity contribution >= 4 is 34.1 Å². The van der Waals surface area contributed by atoms with Crippen LogP contribution in [0.4, 0.5) is 5.69 Å². The highest BCUT2D eigenvalue weighted by molar-refractivity contribution is 6.30. The van der Waals surface area contributed by atoms with Crippen molar-refractivity contribution in [2.24, 2.45) is 0 Å². The van der Waals surface area contributed by atoms with E-state index in [1.165, 1.54) is 6.20 Å². The van der Waals surface area contributed by atoms with Gasteiger partial charge in [0.2, 0.25) is 0 Å². The average molecular weight is 286 g/mol. The Labute approximate surface area is 120 Å². The van der Waals surface area contributed by atoms with Gasteiger partial charge in [-0.3, -0.25) is 4.79 Å². The Kier molecular flexibility index (Phi) is 3.16. The number of aryl methyl sites for hydroxylation is 1.